The molecular formula is C15H15ClFN. The number of rotatable bonds is 3. The monoisotopic (exact) mass is 263 g/mol. The van der Waals surface area contributed by atoms with Crippen LogP contribution in [0.15, 0.2) is 42.5 Å². The molecule has 0 saturated heterocycles. The Labute approximate surface area is 112 Å². The molecule has 0 heterocycles. The molecule has 1 N–H and O–H groups in total. The predicted octanol–water partition coefficient (Wildman–Crippen LogP) is 4.96. The molecule has 0 aromatic heterocycles. The second-order valence-corrected chi connectivity index (χ2v) is 4.75. The van der Waals surface area contributed by atoms with E-state index in [1.165, 1.54) is 12.1 Å². The molecule has 0 bridgehead atoms. The first-order chi connectivity index (χ1) is 8.58. The van der Waals surface area contributed by atoms with Gasteiger partial charge in [-0.1, -0.05) is 35.9 Å². The second-order valence-electron chi connectivity index (χ2n) is 4.35. The molecule has 2 aromatic rings. The summed E-state index contributed by atoms with van der Waals surface area (Å²) >= 11 is 6.14. The summed E-state index contributed by atoms with van der Waals surface area (Å²) < 4.78 is 13.2. The molecule has 0 aliphatic rings. The average Bonchev–Trinajstić information content (AvgIpc) is 2.34. The van der Waals surface area contributed by atoms with E-state index in [1.54, 1.807) is 6.07 Å². The highest BCUT2D eigenvalue weighted by Gasteiger charge is 2.10. The Balaban J connectivity index is 2.24. The number of halogens is 2. The zero-order valence-electron chi connectivity index (χ0n) is 10.4. The topological polar surface area (TPSA) is 12.0 Å². The van der Waals surface area contributed by atoms with E-state index in [2.05, 4.69) is 5.32 Å². The molecule has 0 amide bonds. The van der Waals surface area contributed by atoms with E-state index in [0.29, 0.717) is 5.02 Å². The molecule has 1 unspecified atom stereocenters. The van der Waals surface area contributed by atoms with Crippen LogP contribution in [0.2, 0.25) is 5.02 Å². The van der Waals surface area contributed by atoms with Crippen LogP contribution in [0.3, 0.4) is 0 Å². The quantitative estimate of drug-likeness (QED) is 0.825. The lowest BCUT2D eigenvalue weighted by Gasteiger charge is -2.18. The van der Waals surface area contributed by atoms with Gasteiger partial charge in [-0.25, -0.2) is 4.39 Å². The van der Waals surface area contributed by atoms with Gasteiger partial charge in [0.2, 0.25) is 0 Å². The summed E-state index contributed by atoms with van der Waals surface area (Å²) in [6.07, 6.45) is 0. The van der Waals surface area contributed by atoms with Crippen LogP contribution < -0.4 is 5.32 Å². The summed E-state index contributed by atoms with van der Waals surface area (Å²) in [7, 11) is 0. The van der Waals surface area contributed by atoms with Gasteiger partial charge in [0, 0.05) is 10.7 Å². The number of aryl methyl sites for hydroxylation is 1. The molecule has 18 heavy (non-hydrogen) atoms. The summed E-state index contributed by atoms with van der Waals surface area (Å²) in [4.78, 5) is 0. The predicted molar refractivity (Wildman–Crippen MR) is 74.6 cm³/mol. The first-order valence-electron chi connectivity index (χ1n) is 5.85. The molecule has 0 aliphatic heterocycles. The van der Waals surface area contributed by atoms with Crippen molar-refractivity contribution < 1.29 is 4.39 Å². The van der Waals surface area contributed by atoms with Crippen molar-refractivity contribution >= 4 is 17.3 Å². The van der Waals surface area contributed by atoms with E-state index in [9.17, 15) is 4.39 Å². The maximum atomic E-state index is 13.2. The minimum atomic E-state index is -0.241. The van der Waals surface area contributed by atoms with Crippen molar-refractivity contribution in [3.05, 3.63) is 64.4 Å². The fraction of sp³-hybridized carbons (Fsp3) is 0.200. The molecule has 94 valence electrons. The Hall–Kier alpha value is -1.54. The molecule has 3 heteroatoms. The zero-order chi connectivity index (χ0) is 13.1. The highest BCUT2D eigenvalue weighted by molar-refractivity contribution is 6.31. The van der Waals surface area contributed by atoms with Crippen molar-refractivity contribution in [2.45, 2.75) is 19.9 Å². The molecule has 0 fully saturated rings. The Bertz CT molecular complexity index is 554. The Morgan fingerprint density at radius 2 is 1.89 bits per heavy atom. The van der Waals surface area contributed by atoms with Crippen molar-refractivity contribution in [3.63, 3.8) is 0 Å². The van der Waals surface area contributed by atoms with Crippen molar-refractivity contribution in [1.29, 1.82) is 0 Å². The molecule has 1 nitrogen and oxygen atoms in total. The van der Waals surface area contributed by atoms with Gasteiger partial charge in [0.25, 0.3) is 0 Å². The third-order valence-electron chi connectivity index (χ3n) is 2.94. The molecule has 0 aliphatic carbocycles. The largest absolute Gasteiger partial charge is 0.378 e. The maximum absolute atomic E-state index is 13.2. The summed E-state index contributed by atoms with van der Waals surface area (Å²) in [6, 6.07) is 12.4. The second kappa shape index (κ2) is 5.40. The number of hydrogen-bond acceptors (Lipinski definition) is 1. The standard InChI is InChI=1S/C15H15ClFN/c1-10-7-8-12(17)9-15(10)18-11(2)13-5-3-4-6-14(13)16/h3-9,11,18H,1-2H3. The van der Waals surface area contributed by atoms with Gasteiger partial charge in [-0.2, -0.15) is 0 Å². The van der Waals surface area contributed by atoms with Gasteiger partial charge >= 0.3 is 0 Å². The number of hydrogen-bond donors (Lipinski definition) is 1. The summed E-state index contributed by atoms with van der Waals surface area (Å²) in [6.45, 7) is 3.95. The SMILES string of the molecule is Cc1ccc(F)cc1NC(C)c1ccccc1Cl. The fourth-order valence-corrected chi connectivity index (χ4v) is 2.19. The van der Waals surface area contributed by atoms with Crippen LogP contribution in [0.25, 0.3) is 0 Å². The van der Waals surface area contributed by atoms with Crippen LogP contribution in [0.4, 0.5) is 10.1 Å². The maximum Gasteiger partial charge on any atom is 0.125 e. The molecule has 0 saturated carbocycles. The number of benzene rings is 2. The first kappa shape index (κ1) is 12.9. The summed E-state index contributed by atoms with van der Waals surface area (Å²) in [5, 5.41) is 4.00. The van der Waals surface area contributed by atoms with E-state index in [4.69, 9.17) is 11.6 Å². The highest BCUT2D eigenvalue weighted by atomic mass is 35.5. The van der Waals surface area contributed by atoms with Gasteiger partial charge in [-0.3, -0.25) is 0 Å². The Kier molecular flexibility index (Phi) is 3.87. The number of nitrogens with one attached hydrogen (secondary N) is 1. The lowest BCUT2D eigenvalue weighted by atomic mass is 10.1. The van der Waals surface area contributed by atoms with Gasteiger partial charge in [0.15, 0.2) is 0 Å². The third-order valence-corrected chi connectivity index (χ3v) is 3.29. The average molecular weight is 264 g/mol. The van der Waals surface area contributed by atoms with E-state index in [-0.39, 0.29) is 11.9 Å². The Morgan fingerprint density at radius 1 is 1.17 bits per heavy atom. The van der Waals surface area contributed by atoms with Crippen LogP contribution in [-0.2, 0) is 0 Å². The lowest BCUT2D eigenvalue weighted by Crippen LogP contribution is -2.08. The van der Waals surface area contributed by atoms with Crippen LogP contribution in [0, 0.1) is 12.7 Å². The molecule has 0 radical (unpaired) electrons. The van der Waals surface area contributed by atoms with Crippen LogP contribution in [0.5, 0.6) is 0 Å². The van der Waals surface area contributed by atoms with E-state index in [1.807, 2.05) is 38.1 Å². The molecule has 1 atom stereocenters. The summed E-state index contributed by atoms with van der Waals surface area (Å²) in [5.74, 6) is -0.241. The van der Waals surface area contributed by atoms with E-state index >= 15 is 0 Å². The minimum Gasteiger partial charge on any atom is -0.378 e. The van der Waals surface area contributed by atoms with Crippen LogP contribution >= 0.6 is 11.6 Å². The fourth-order valence-electron chi connectivity index (χ4n) is 1.89. The normalized spacial score (nSPS) is 12.2. The van der Waals surface area contributed by atoms with Gasteiger partial charge in [0.1, 0.15) is 5.82 Å². The summed E-state index contributed by atoms with van der Waals surface area (Å²) in [5.41, 5.74) is 2.81. The molecular weight excluding hydrogens is 249 g/mol. The molecule has 0 spiro atoms. The van der Waals surface area contributed by atoms with Gasteiger partial charge in [-0.05, 0) is 43.2 Å². The number of anilines is 1. The lowest BCUT2D eigenvalue weighted by molar-refractivity contribution is 0.627. The Morgan fingerprint density at radius 3 is 2.61 bits per heavy atom. The molecule has 2 rings (SSSR count). The zero-order valence-corrected chi connectivity index (χ0v) is 11.1. The van der Waals surface area contributed by atoms with Gasteiger partial charge in [-0.15, -0.1) is 0 Å². The van der Waals surface area contributed by atoms with Gasteiger partial charge in [0.05, 0.1) is 6.04 Å². The van der Waals surface area contributed by atoms with E-state index < -0.39 is 0 Å². The van der Waals surface area contributed by atoms with Gasteiger partial charge < -0.3 is 5.32 Å². The van der Waals surface area contributed by atoms with Crippen molar-refractivity contribution in [3.8, 4) is 0 Å². The smallest absolute Gasteiger partial charge is 0.125 e. The van der Waals surface area contributed by atoms with Crippen LogP contribution in [-0.4, -0.2) is 0 Å². The highest BCUT2D eigenvalue weighted by Crippen LogP contribution is 2.27. The third kappa shape index (κ3) is 2.82. The minimum absolute atomic E-state index is 0.0270. The van der Waals surface area contributed by atoms with Crippen molar-refractivity contribution in [2.75, 3.05) is 5.32 Å². The van der Waals surface area contributed by atoms with E-state index in [0.717, 1.165) is 16.8 Å². The molecule has 2 aromatic carbocycles. The van der Waals surface area contributed by atoms with Crippen molar-refractivity contribution in [2.24, 2.45) is 0 Å². The van der Waals surface area contributed by atoms with Crippen molar-refractivity contribution in [1.82, 2.24) is 0 Å². The van der Waals surface area contributed by atoms with Crippen LogP contribution in [0.1, 0.15) is 24.1 Å². The first-order valence-corrected chi connectivity index (χ1v) is 6.23.